The number of Topliss-reactive ketones (excluding diaryl/α,β-unsaturated/α-hetero) is 1. The molecule has 3 aromatic rings. The van der Waals surface area contributed by atoms with Crippen molar-refractivity contribution in [2.24, 2.45) is 12.1 Å². The van der Waals surface area contributed by atoms with Crippen molar-refractivity contribution in [3.63, 3.8) is 0 Å². The summed E-state index contributed by atoms with van der Waals surface area (Å²) in [5, 5.41) is 6.09. The molecule has 3 rings (SSSR count). The third-order valence-corrected chi connectivity index (χ3v) is 5.08. The normalized spacial score (nSPS) is 11.5. The standard InChI is InChI=1S/C17H18N4OS/c1-10-16(12(3)22)23-17(19-10)20-18-9-14-11(2)21(4)15-8-6-5-7-13(14)15/h5-9H,1-4H3,(H,19,20)/b18-9-. The van der Waals surface area contributed by atoms with Crippen molar-refractivity contribution in [3.8, 4) is 0 Å². The SMILES string of the molecule is CC(=O)c1sc(N/N=C\c2c(C)n(C)c3ccccc23)nc1C. The zero-order valence-corrected chi connectivity index (χ0v) is 14.4. The molecule has 0 aliphatic carbocycles. The van der Waals surface area contributed by atoms with Crippen LogP contribution in [0.1, 0.15) is 33.5 Å². The highest BCUT2D eigenvalue weighted by Gasteiger charge is 2.11. The Hall–Kier alpha value is -2.47. The molecule has 0 amide bonds. The van der Waals surface area contributed by atoms with Crippen molar-refractivity contribution in [2.45, 2.75) is 20.8 Å². The third kappa shape index (κ3) is 2.77. The number of rotatable bonds is 4. The van der Waals surface area contributed by atoms with E-state index in [1.54, 1.807) is 6.92 Å². The van der Waals surface area contributed by atoms with Crippen LogP contribution in [0.4, 0.5) is 5.13 Å². The van der Waals surface area contributed by atoms with Gasteiger partial charge in [-0.05, 0) is 19.9 Å². The van der Waals surface area contributed by atoms with Crippen molar-refractivity contribution < 1.29 is 4.79 Å². The van der Waals surface area contributed by atoms with E-state index < -0.39 is 0 Å². The molecule has 0 bridgehead atoms. The molecule has 0 spiro atoms. The fourth-order valence-corrected chi connectivity index (χ4v) is 3.45. The molecule has 2 heterocycles. The van der Waals surface area contributed by atoms with Crippen LogP contribution in [0.25, 0.3) is 10.9 Å². The fraction of sp³-hybridized carbons (Fsp3) is 0.235. The summed E-state index contributed by atoms with van der Waals surface area (Å²) in [6, 6.07) is 8.24. The summed E-state index contributed by atoms with van der Waals surface area (Å²) < 4.78 is 2.15. The molecule has 1 N–H and O–H groups in total. The van der Waals surface area contributed by atoms with Gasteiger partial charge in [-0.2, -0.15) is 5.10 Å². The summed E-state index contributed by atoms with van der Waals surface area (Å²) >= 11 is 1.33. The first-order valence-corrected chi connectivity index (χ1v) is 8.12. The number of anilines is 1. The number of fused-ring (bicyclic) bond motifs is 1. The molecule has 0 saturated carbocycles. The van der Waals surface area contributed by atoms with Gasteiger partial charge in [-0.3, -0.25) is 10.2 Å². The summed E-state index contributed by atoms with van der Waals surface area (Å²) in [6.45, 7) is 5.45. The van der Waals surface area contributed by atoms with Gasteiger partial charge in [0, 0.05) is 36.1 Å². The summed E-state index contributed by atoms with van der Waals surface area (Å²) in [7, 11) is 2.05. The van der Waals surface area contributed by atoms with Crippen LogP contribution in [0.2, 0.25) is 0 Å². The lowest BCUT2D eigenvalue weighted by atomic mass is 10.1. The van der Waals surface area contributed by atoms with E-state index in [-0.39, 0.29) is 5.78 Å². The Morgan fingerprint density at radius 2 is 2.09 bits per heavy atom. The van der Waals surface area contributed by atoms with Gasteiger partial charge in [0.2, 0.25) is 5.13 Å². The molecule has 2 aromatic heterocycles. The Labute approximate surface area is 138 Å². The predicted molar refractivity (Wildman–Crippen MR) is 95.7 cm³/mol. The topological polar surface area (TPSA) is 59.3 Å². The van der Waals surface area contributed by atoms with Crippen LogP contribution < -0.4 is 5.43 Å². The smallest absolute Gasteiger partial charge is 0.204 e. The molecule has 23 heavy (non-hydrogen) atoms. The summed E-state index contributed by atoms with van der Waals surface area (Å²) in [5.41, 5.74) is 7.07. The van der Waals surface area contributed by atoms with Crippen molar-refractivity contribution in [3.05, 3.63) is 46.1 Å². The number of thiazole rings is 1. The van der Waals surface area contributed by atoms with Gasteiger partial charge in [-0.1, -0.05) is 29.5 Å². The number of para-hydroxylation sites is 1. The number of carbonyl (C=O) groups is 1. The van der Waals surface area contributed by atoms with Gasteiger partial charge in [0.05, 0.1) is 16.8 Å². The molecule has 6 heteroatoms. The molecule has 0 unspecified atom stereocenters. The van der Waals surface area contributed by atoms with E-state index in [0.717, 1.165) is 22.3 Å². The van der Waals surface area contributed by atoms with Crippen molar-refractivity contribution in [2.75, 3.05) is 5.43 Å². The fourth-order valence-electron chi connectivity index (χ4n) is 2.64. The van der Waals surface area contributed by atoms with Gasteiger partial charge in [-0.15, -0.1) is 0 Å². The molecule has 0 aliphatic heterocycles. The van der Waals surface area contributed by atoms with Crippen LogP contribution >= 0.6 is 11.3 Å². The predicted octanol–water partition coefficient (Wildman–Crippen LogP) is 3.90. The second-order valence-electron chi connectivity index (χ2n) is 5.43. The molecule has 1 aromatic carbocycles. The van der Waals surface area contributed by atoms with E-state index >= 15 is 0 Å². The maximum Gasteiger partial charge on any atom is 0.204 e. The van der Waals surface area contributed by atoms with E-state index in [1.807, 2.05) is 32.3 Å². The highest BCUT2D eigenvalue weighted by molar-refractivity contribution is 7.17. The number of hydrazone groups is 1. The highest BCUT2D eigenvalue weighted by atomic mass is 32.1. The number of ketones is 1. The van der Waals surface area contributed by atoms with E-state index in [9.17, 15) is 4.79 Å². The van der Waals surface area contributed by atoms with Gasteiger partial charge >= 0.3 is 0 Å². The zero-order chi connectivity index (χ0) is 16.6. The molecule has 0 radical (unpaired) electrons. The number of nitrogens with one attached hydrogen (secondary N) is 1. The molecule has 0 fully saturated rings. The minimum atomic E-state index is 0.0296. The van der Waals surface area contributed by atoms with Gasteiger partial charge in [-0.25, -0.2) is 4.98 Å². The molecule has 118 valence electrons. The molecule has 0 saturated heterocycles. The third-order valence-electron chi connectivity index (χ3n) is 3.92. The maximum absolute atomic E-state index is 11.5. The van der Waals surface area contributed by atoms with Crippen LogP contribution in [0.15, 0.2) is 29.4 Å². The highest BCUT2D eigenvalue weighted by Crippen LogP contribution is 2.24. The van der Waals surface area contributed by atoms with Crippen molar-refractivity contribution >= 4 is 39.4 Å². The van der Waals surface area contributed by atoms with E-state index in [1.165, 1.54) is 16.9 Å². The van der Waals surface area contributed by atoms with Crippen molar-refractivity contribution in [1.29, 1.82) is 0 Å². The zero-order valence-electron chi connectivity index (χ0n) is 13.5. The summed E-state index contributed by atoms with van der Waals surface area (Å²) in [5.74, 6) is 0.0296. The number of nitrogens with zero attached hydrogens (tertiary/aromatic N) is 3. The van der Waals surface area contributed by atoms with Crippen LogP contribution in [-0.4, -0.2) is 21.5 Å². The Morgan fingerprint density at radius 3 is 2.78 bits per heavy atom. The number of benzene rings is 1. The Kier molecular flexibility index (Phi) is 4.00. The monoisotopic (exact) mass is 326 g/mol. The average Bonchev–Trinajstić information content (AvgIpc) is 3.01. The maximum atomic E-state index is 11.5. The Balaban J connectivity index is 1.88. The van der Waals surface area contributed by atoms with Gasteiger partial charge in [0.1, 0.15) is 0 Å². The van der Waals surface area contributed by atoms with Gasteiger partial charge < -0.3 is 4.57 Å². The van der Waals surface area contributed by atoms with Crippen molar-refractivity contribution in [1.82, 2.24) is 9.55 Å². The van der Waals surface area contributed by atoms with Crippen LogP contribution in [0, 0.1) is 13.8 Å². The van der Waals surface area contributed by atoms with Crippen LogP contribution in [0.5, 0.6) is 0 Å². The minimum absolute atomic E-state index is 0.0296. The van der Waals surface area contributed by atoms with Crippen LogP contribution in [-0.2, 0) is 7.05 Å². The second-order valence-corrected chi connectivity index (χ2v) is 6.43. The average molecular weight is 326 g/mol. The molecule has 0 aliphatic rings. The summed E-state index contributed by atoms with van der Waals surface area (Å²) in [6.07, 6.45) is 1.81. The molecular weight excluding hydrogens is 308 g/mol. The van der Waals surface area contributed by atoms with E-state index in [4.69, 9.17) is 0 Å². The van der Waals surface area contributed by atoms with Gasteiger partial charge in [0.15, 0.2) is 5.78 Å². The first-order chi connectivity index (χ1) is 11.0. The summed E-state index contributed by atoms with van der Waals surface area (Å²) in [4.78, 5) is 16.5. The largest absolute Gasteiger partial charge is 0.347 e. The van der Waals surface area contributed by atoms with E-state index in [2.05, 4.69) is 39.1 Å². The lowest BCUT2D eigenvalue weighted by molar-refractivity contribution is 0.102. The number of hydrogen-bond acceptors (Lipinski definition) is 5. The lowest BCUT2D eigenvalue weighted by Gasteiger charge is -1.97. The Morgan fingerprint density at radius 1 is 1.35 bits per heavy atom. The van der Waals surface area contributed by atoms with Crippen LogP contribution in [0.3, 0.4) is 0 Å². The number of aromatic nitrogens is 2. The molecule has 5 nitrogen and oxygen atoms in total. The quantitative estimate of drug-likeness (QED) is 0.449. The first kappa shape index (κ1) is 15.4. The number of carbonyl (C=O) groups excluding carboxylic acids is 1. The number of aryl methyl sites for hydroxylation is 2. The first-order valence-electron chi connectivity index (χ1n) is 7.30. The molecule has 0 atom stereocenters. The molecular formula is C17H18N4OS. The minimum Gasteiger partial charge on any atom is -0.347 e. The van der Waals surface area contributed by atoms with Gasteiger partial charge in [0.25, 0.3) is 0 Å². The lowest BCUT2D eigenvalue weighted by Crippen LogP contribution is -1.94. The number of hydrogen-bond donors (Lipinski definition) is 1. The second kappa shape index (κ2) is 5.96. The van der Waals surface area contributed by atoms with E-state index in [0.29, 0.717) is 10.0 Å². The Bertz CT molecular complexity index is 920.